The molecule has 2 aliphatic carbocycles. The van der Waals surface area contributed by atoms with Crippen molar-refractivity contribution in [2.24, 2.45) is 11.3 Å². The van der Waals surface area contributed by atoms with Crippen molar-refractivity contribution in [3.63, 3.8) is 0 Å². The van der Waals surface area contributed by atoms with E-state index in [1.54, 1.807) is 6.07 Å². The summed E-state index contributed by atoms with van der Waals surface area (Å²) in [5.41, 5.74) is -1.92. The number of aromatic hydroxyl groups is 1. The Kier molecular flexibility index (Phi) is 7.35. The lowest BCUT2D eigenvalue weighted by molar-refractivity contribution is -0.302. The second-order valence-electron chi connectivity index (χ2n) is 11.9. The first-order chi connectivity index (χ1) is 20.3. The van der Waals surface area contributed by atoms with Crippen LogP contribution in [0.3, 0.4) is 0 Å². The van der Waals surface area contributed by atoms with Crippen molar-refractivity contribution in [2.75, 3.05) is 13.2 Å². The highest BCUT2D eigenvalue weighted by Gasteiger charge is 2.59. The molecule has 0 aromatic heterocycles. The minimum absolute atomic E-state index is 0.0323. The number of phenols is 1. The number of rotatable bonds is 7. The second-order valence-corrected chi connectivity index (χ2v) is 11.9. The lowest BCUT2D eigenvalue weighted by Crippen LogP contribution is -2.59. The molecule has 4 aliphatic rings. The third-order valence-corrected chi connectivity index (χ3v) is 9.37. The molecular weight excluding hydrogens is 572 g/mol. The summed E-state index contributed by atoms with van der Waals surface area (Å²) in [4.78, 5) is 39.5. The van der Waals surface area contributed by atoms with Crippen molar-refractivity contribution in [3.05, 3.63) is 51.2 Å². The van der Waals surface area contributed by atoms with Gasteiger partial charge in [0.05, 0.1) is 30.6 Å². The van der Waals surface area contributed by atoms with Crippen LogP contribution in [0.5, 0.6) is 5.75 Å². The first kappa shape index (κ1) is 30.0. The molecule has 1 saturated carbocycles. The number of hydrogen-bond donors (Lipinski definition) is 8. The van der Waals surface area contributed by atoms with Crippen molar-refractivity contribution >= 4 is 22.7 Å². The molecule has 232 valence electrons. The molecule has 3 fully saturated rings. The number of carbonyl (C=O) groups excluding carboxylic acids is 2. The topological polar surface area (TPSA) is 241 Å². The average molecular weight is 605 g/mol. The van der Waals surface area contributed by atoms with Crippen molar-refractivity contribution in [1.29, 1.82) is 0 Å². The first-order valence-electron chi connectivity index (χ1n) is 13.9. The van der Waals surface area contributed by atoms with Crippen molar-refractivity contribution in [1.82, 2.24) is 0 Å². The number of ether oxygens (including phenoxy) is 3. The Morgan fingerprint density at radius 1 is 0.977 bits per heavy atom. The van der Waals surface area contributed by atoms with Crippen molar-refractivity contribution in [2.45, 2.75) is 74.2 Å². The van der Waals surface area contributed by atoms with Gasteiger partial charge in [0, 0.05) is 17.9 Å². The van der Waals surface area contributed by atoms with Crippen LogP contribution in [-0.2, 0) is 36.6 Å². The zero-order chi connectivity index (χ0) is 31.0. The molecule has 0 amide bonds. The Bertz CT molecular complexity index is 1520. The van der Waals surface area contributed by atoms with E-state index in [1.165, 1.54) is 18.2 Å². The van der Waals surface area contributed by atoms with E-state index in [2.05, 4.69) is 4.74 Å². The van der Waals surface area contributed by atoms with Crippen LogP contribution in [0.15, 0.2) is 29.1 Å². The van der Waals surface area contributed by atoms with E-state index in [0.29, 0.717) is 5.56 Å². The molecule has 2 aliphatic heterocycles. The first-order valence-corrected chi connectivity index (χ1v) is 13.9. The number of aliphatic hydroxyl groups excluding tert-OH is 5. The average Bonchev–Trinajstić information content (AvgIpc) is 3.11. The molecule has 2 aromatic carbocycles. The zero-order valence-electron chi connectivity index (χ0n) is 22.7. The lowest BCUT2D eigenvalue weighted by atomic mass is 9.75. The molecule has 8 N–H and O–H groups in total. The van der Waals surface area contributed by atoms with Crippen LogP contribution in [0.25, 0.3) is 10.8 Å². The molecule has 2 aromatic rings. The molecule has 2 heterocycles. The maximum atomic E-state index is 13.9. The minimum atomic E-state index is -2.31. The van der Waals surface area contributed by atoms with E-state index in [4.69, 9.17) is 9.47 Å². The highest BCUT2D eigenvalue weighted by molar-refractivity contribution is 6.14. The van der Waals surface area contributed by atoms with Gasteiger partial charge in [0.25, 0.3) is 0 Å². The summed E-state index contributed by atoms with van der Waals surface area (Å²) in [5.74, 6) is -6.54. The largest absolute Gasteiger partial charge is 0.507 e. The Morgan fingerprint density at radius 3 is 2.37 bits per heavy atom. The SMILES string of the molecule is O=C1OC(=O)C1(CCOC1OC(CO)C(O)C(O)C1O)Cc1cc2cc3c(ccc(O)c3c1=O)C1C(O)CC(C2)C1(O)O. The molecule has 0 spiro atoms. The maximum absolute atomic E-state index is 13.9. The van der Waals surface area contributed by atoms with Crippen LogP contribution in [0.4, 0.5) is 0 Å². The molecule has 14 nitrogen and oxygen atoms in total. The molecule has 4 bridgehead atoms. The van der Waals surface area contributed by atoms with E-state index in [9.17, 15) is 55.2 Å². The normalized spacial score (nSPS) is 34.0. The fourth-order valence-electron chi connectivity index (χ4n) is 6.94. The standard InChI is InChI=1S/C29H32O14/c30-10-18-22(34)23(35)24(36)25(42-18)41-4-3-28(26(37)43-27(28)38)9-12-5-11-6-13-8-17(32)20(29(13,39)40)14-1-2-16(31)19(21(12)33)15(14)7-11/h1-2,5,7,13,17-18,20,22-25,30-32,34-36,39-40H,3-4,6,8-10H2. The van der Waals surface area contributed by atoms with E-state index in [1.807, 2.05) is 0 Å². The Morgan fingerprint density at radius 2 is 1.70 bits per heavy atom. The summed E-state index contributed by atoms with van der Waals surface area (Å²) in [6, 6.07) is 5.70. The number of fused-ring (bicyclic) bond motifs is 4. The van der Waals surface area contributed by atoms with E-state index in [0.717, 1.165) is 0 Å². The van der Waals surface area contributed by atoms with Crippen molar-refractivity contribution < 1.29 is 64.7 Å². The van der Waals surface area contributed by atoms with Crippen LogP contribution in [0, 0.1) is 11.3 Å². The lowest BCUT2D eigenvalue weighted by Gasteiger charge is -2.40. The van der Waals surface area contributed by atoms with Crippen LogP contribution in [0.2, 0.25) is 0 Å². The summed E-state index contributed by atoms with van der Waals surface area (Å²) in [6.07, 6.45) is -9.58. The van der Waals surface area contributed by atoms with Gasteiger partial charge in [0.1, 0.15) is 30.2 Å². The summed E-state index contributed by atoms with van der Waals surface area (Å²) >= 11 is 0. The van der Waals surface area contributed by atoms with Crippen molar-refractivity contribution in [3.8, 4) is 5.75 Å². The van der Waals surface area contributed by atoms with Gasteiger partial charge in [-0.2, -0.15) is 0 Å². The molecule has 6 rings (SSSR count). The highest BCUT2D eigenvalue weighted by Crippen LogP contribution is 2.50. The van der Waals surface area contributed by atoms with Gasteiger partial charge in [-0.3, -0.25) is 14.4 Å². The molecule has 43 heavy (non-hydrogen) atoms. The zero-order valence-corrected chi connectivity index (χ0v) is 22.7. The van der Waals surface area contributed by atoms with Gasteiger partial charge in [-0.1, -0.05) is 18.2 Å². The fraction of sp³-hybridized carbons (Fsp3) is 0.552. The van der Waals surface area contributed by atoms with E-state index in [-0.39, 0.29) is 41.2 Å². The molecule has 8 atom stereocenters. The van der Waals surface area contributed by atoms with Crippen LogP contribution in [0.1, 0.15) is 35.4 Å². The third-order valence-electron chi connectivity index (χ3n) is 9.37. The molecular formula is C29H32O14. The summed E-state index contributed by atoms with van der Waals surface area (Å²) in [6.45, 7) is -1.09. The number of phenolic OH excluding ortho intramolecular Hbond substituents is 1. The Hall–Kier alpha value is -3.05. The number of cyclic esters (lactones) is 2. The van der Waals surface area contributed by atoms with Gasteiger partial charge in [0.2, 0.25) is 0 Å². The van der Waals surface area contributed by atoms with Gasteiger partial charge in [0.15, 0.2) is 22.9 Å². The molecule has 2 saturated heterocycles. The maximum Gasteiger partial charge on any atom is 0.331 e. The van der Waals surface area contributed by atoms with Crippen LogP contribution in [-0.4, -0.2) is 109 Å². The van der Waals surface area contributed by atoms with Gasteiger partial charge in [-0.05, 0) is 41.8 Å². The van der Waals surface area contributed by atoms with Crippen LogP contribution >= 0.6 is 0 Å². The van der Waals surface area contributed by atoms with Gasteiger partial charge >= 0.3 is 11.9 Å². The smallest absolute Gasteiger partial charge is 0.331 e. The number of carbonyl (C=O) groups is 2. The second kappa shape index (κ2) is 10.5. The van der Waals surface area contributed by atoms with Crippen LogP contribution < -0.4 is 5.43 Å². The number of aliphatic hydroxyl groups is 7. The minimum Gasteiger partial charge on any atom is -0.507 e. The van der Waals surface area contributed by atoms with Gasteiger partial charge in [-0.25, -0.2) is 0 Å². The summed E-state index contributed by atoms with van der Waals surface area (Å²) in [5, 5.41) is 83.1. The fourth-order valence-corrected chi connectivity index (χ4v) is 6.94. The van der Waals surface area contributed by atoms with Gasteiger partial charge in [-0.15, -0.1) is 0 Å². The summed E-state index contributed by atoms with van der Waals surface area (Å²) in [7, 11) is 0. The number of esters is 2. The molecule has 14 heteroatoms. The quantitative estimate of drug-likeness (QED) is 0.0921. The van der Waals surface area contributed by atoms with E-state index >= 15 is 0 Å². The highest BCUT2D eigenvalue weighted by atomic mass is 16.7. The van der Waals surface area contributed by atoms with E-state index < -0.39 is 103 Å². The summed E-state index contributed by atoms with van der Waals surface area (Å²) < 4.78 is 15.4. The third kappa shape index (κ3) is 4.56. The monoisotopic (exact) mass is 604 g/mol. The number of hydrogen-bond acceptors (Lipinski definition) is 14. The predicted octanol–water partition coefficient (Wildman–Crippen LogP) is -2.57. The predicted molar refractivity (Wildman–Crippen MR) is 141 cm³/mol. The Labute approximate surface area is 243 Å². The molecule has 0 radical (unpaired) electrons. The Balaban J connectivity index is 1.35. The molecule has 8 unspecified atom stereocenters. The van der Waals surface area contributed by atoms with Gasteiger partial charge < -0.3 is 55.1 Å². The number of benzene rings is 1.